The van der Waals surface area contributed by atoms with Gasteiger partial charge in [-0.15, -0.1) is 0 Å². The van der Waals surface area contributed by atoms with Crippen molar-refractivity contribution in [2.24, 2.45) is 0 Å². The Hall–Kier alpha value is -2.60. The normalized spacial score (nSPS) is 10.7. The predicted octanol–water partition coefficient (Wildman–Crippen LogP) is 3.99. The van der Waals surface area contributed by atoms with Gasteiger partial charge in [0.2, 0.25) is 0 Å². The van der Waals surface area contributed by atoms with Crippen LogP contribution in [0.4, 0.5) is 0 Å². The average molecular weight is 416 g/mol. The summed E-state index contributed by atoms with van der Waals surface area (Å²) in [6.07, 6.45) is 2.99. The molecular formula is C20H18BrNO4. The number of hydrogen-bond acceptors (Lipinski definition) is 4. The molecule has 3 aromatic rings. The molecule has 3 rings (SSSR count). The van der Waals surface area contributed by atoms with E-state index in [-0.39, 0.29) is 6.42 Å². The topological polar surface area (TPSA) is 57.5 Å². The number of rotatable bonds is 6. The maximum Gasteiger partial charge on any atom is 0.338 e. The monoisotopic (exact) mass is 415 g/mol. The first-order valence-corrected chi connectivity index (χ1v) is 8.83. The van der Waals surface area contributed by atoms with Crippen LogP contribution in [0.25, 0.3) is 10.9 Å². The highest BCUT2D eigenvalue weighted by Crippen LogP contribution is 2.33. The zero-order valence-electron chi connectivity index (χ0n) is 14.5. The minimum Gasteiger partial charge on any atom is -0.497 e. The standard InChI is InChI=1S/C20H18BrNO4/c1-25-15-5-3-13(4-6-15)11-22-12-14(9-10-23)18-16(20(24)26-2)7-8-17(21)19(18)22/h3-8,10,12H,9,11H2,1-2H3. The van der Waals surface area contributed by atoms with E-state index in [4.69, 9.17) is 9.47 Å². The number of methoxy groups -OCH3 is 2. The van der Waals surface area contributed by atoms with Gasteiger partial charge < -0.3 is 18.8 Å². The fourth-order valence-electron chi connectivity index (χ4n) is 3.07. The summed E-state index contributed by atoms with van der Waals surface area (Å²) in [7, 11) is 2.98. The van der Waals surface area contributed by atoms with E-state index in [9.17, 15) is 9.59 Å². The van der Waals surface area contributed by atoms with Crippen molar-refractivity contribution in [3.05, 3.63) is 63.8 Å². The van der Waals surface area contributed by atoms with Crippen LogP contribution in [0.3, 0.4) is 0 Å². The number of nitrogens with zero attached hydrogens (tertiary/aromatic N) is 1. The number of hydrogen-bond donors (Lipinski definition) is 0. The van der Waals surface area contributed by atoms with Gasteiger partial charge in [0.15, 0.2) is 0 Å². The molecule has 1 heterocycles. The van der Waals surface area contributed by atoms with Gasteiger partial charge in [-0.1, -0.05) is 12.1 Å². The largest absolute Gasteiger partial charge is 0.497 e. The third-order valence-electron chi connectivity index (χ3n) is 4.27. The van der Waals surface area contributed by atoms with Crippen molar-refractivity contribution in [3.63, 3.8) is 0 Å². The van der Waals surface area contributed by atoms with E-state index in [1.807, 2.05) is 41.1 Å². The molecule has 0 amide bonds. The molecule has 5 nitrogen and oxygen atoms in total. The molecule has 0 N–H and O–H groups in total. The number of benzene rings is 2. The smallest absolute Gasteiger partial charge is 0.338 e. The van der Waals surface area contributed by atoms with Crippen LogP contribution < -0.4 is 4.74 Å². The van der Waals surface area contributed by atoms with Gasteiger partial charge in [-0.25, -0.2) is 4.79 Å². The molecule has 6 heteroatoms. The Morgan fingerprint density at radius 1 is 1.15 bits per heavy atom. The Labute approximate surface area is 159 Å². The summed E-state index contributed by atoms with van der Waals surface area (Å²) in [5.74, 6) is 0.374. The maximum absolute atomic E-state index is 12.2. The lowest BCUT2D eigenvalue weighted by Gasteiger charge is -2.09. The van der Waals surface area contributed by atoms with Crippen LogP contribution in [0.15, 0.2) is 47.1 Å². The Morgan fingerprint density at radius 3 is 2.50 bits per heavy atom. The molecule has 0 bridgehead atoms. The van der Waals surface area contributed by atoms with Crippen LogP contribution in [0, 0.1) is 0 Å². The van der Waals surface area contributed by atoms with Crippen molar-refractivity contribution in [2.45, 2.75) is 13.0 Å². The fraction of sp³-hybridized carbons (Fsp3) is 0.200. The molecule has 0 radical (unpaired) electrons. The van der Waals surface area contributed by atoms with Crippen molar-refractivity contribution in [2.75, 3.05) is 14.2 Å². The lowest BCUT2D eigenvalue weighted by molar-refractivity contribution is -0.107. The second-order valence-corrected chi connectivity index (χ2v) is 6.67. The molecule has 0 unspecified atom stereocenters. The van der Waals surface area contributed by atoms with E-state index >= 15 is 0 Å². The summed E-state index contributed by atoms with van der Waals surface area (Å²) in [5.41, 5.74) is 3.19. The number of aromatic nitrogens is 1. The van der Waals surface area contributed by atoms with Crippen LogP contribution in [-0.2, 0) is 22.5 Å². The molecule has 134 valence electrons. The Morgan fingerprint density at radius 2 is 1.88 bits per heavy atom. The quantitative estimate of drug-likeness (QED) is 0.451. The third kappa shape index (κ3) is 3.37. The lowest BCUT2D eigenvalue weighted by Crippen LogP contribution is -2.03. The van der Waals surface area contributed by atoms with Crippen molar-refractivity contribution in [3.8, 4) is 5.75 Å². The van der Waals surface area contributed by atoms with Gasteiger partial charge in [-0.3, -0.25) is 0 Å². The Bertz CT molecular complexity index is 960. The van der Waals surface area contributed by atoms with Gasteiger partial charge in [0.1, 0.15) is 12.0 Å². The number of halogens is 1. The Balaban J connectivity index is 2.15. The van der Waals surface area contributed by atoms with Crippen molar-refractivity contribution >= 4 is 39.1 Å². The molecule has 0 saturated carbocycles. The summed E-state index contributed by atoms with van der Waals surface area (Å²) in [6.45, 7) is 0.600. The summed E-state index contributed by atoms with van der Waals surface area (Å²) in [4.78, 5) is 23.3. The molecule has 0 atom stereocenters. The minimum absolute atomic E-state index is 0.229. The number of carbonyl (C=O) groups excluding carboxylic acids is 2. The van der Waals surface area contributed by atoms with Crippen LogP contribution in [0.5, 0.6) is 5.75 Å². The van der Waals surface area contributed by atoms with Crippen LogP contribution >= 0.6 is 15.9 Å². The first kappa shape index (κ1) is 18.2. The average Bonchev–Trinajstić information content (AvgIpc) is 3.01. The number of carbonyl (C=O) groups is 2. The molecule has 0 aliphatic rings. The van der Waals surface area contributed by atoms with E-state index in [1.165, 1.54) is 7.11 Å². The molecule has 1 aromatic heterocycles. The fourth-order valence-corrected chi connectivity index (χ4v) is 3.62. The molecule has 26 heavy (non-hydrogen) atoms. The molecule has 0 spiro atoms. The van der Waals surface area contributed by atoms with E-state index in [0.29, 0.717) is 12.1 Å². The summed E-state index contributed by atoms with van der Waals surface area (Å²) >= 11 is 3.57. The molecular weight excluding hydrogens is 398 g/mol. The van der Waals surface area contributed by atoms with Crippen molar-refractivity contribution in [1.29, 1.82) is 0 Å². The maximum atomic E-state index is 12.2. The third-order valence-corrected chi connectivity index (χ3v) is 4.91. The molecule has 2 aromatic carbocycles. The molecule has 0 saturated heterocycles. The van der Waals surface area contributed by atoms with Gasteiger partial charge in [-0.05, 0) is 51.3 Å². The highest BCUT2D eigenvalue weighted by Gasteiger charge is 2.19. The number of esters is 1. The summed E-state index contributed by atoms with van der Waals surface area (Å²) < 4.78 is 13.0. The van der Waals surface area contributed by atoms with E-state index < -0.39 is 5.97 Å². The molecule has 0 fully saturated rings. The van der Waals surface area contributed by atoms with E-state index in [0.717, 1.165) is 38.5 Å². The number of ether oxygens (including phenoxy) is 2. The van der Waals surface area contributed by atoms with Crippen molar-refractivity contribution < 1.29 is 19.1 Å². The second-order valence-electron chi connectivity index (χ2n) is 5.81. The first-order chi connectivity index (χ1) is 12.6. The van der Waals surface area contributed by atoms with Crippen LogP contribution in [0.2, 0.25) is 0 Å². The van der Waals surface area contributed by atoms with Gasteiger partial charge in [0, 0.05) is 29.0 Å². The molecule has 0 aliphatic carbocycles. The zero-order chi connectivity index (χ0) is 18.7. The number of aldehydes is 1. The van der Waals surface area contributed by atoms with E-state index in [1.54, 1.807) is 13.2 Å². The van der Waals surface area contributed by atoms with Crippen LogP contribution in [-0.4, -0.2) is 31.0 Å². The van der Waals surface area contributed by atoms with Gasteiger partial charge in [-0.2, -0.15) is 0 Å². The minimum atomic E-state index is -0.420. The highest BCUT2D eigenvalue weighted by atomic mass is 79.9. The first-order valence-electron chi connectivity index (χ1n) is 8.04. The van der Waals surface area contributed by atoms with Gasteiger partial charge in [0.05, 0.1) is 25.3 Å². The summed E-state index contributed by atoms with van der Waals surface area (Å²) in [6, 6.07) is 11.3. The van der Waals surface area contributed by atoms with Gasteiger partial charge >= 0.3 is 5.97 Å². The zero-order valence-corrected chi connectivity index (χ0v) is 16.1. The predicted molar refractivity (Wildman–Crippen MR) is 103 cm³/mol. The lowest BCUT2D eigenvalue weighted by atomic mass is 10.0. The summed E-state index contributed by atoms with van der Waals surface area (Å²) in [5, 5.41) is 0.742. The highest BCUT2D eigenvalue weighted by molar-refractivity contribution is 9.10. The van der Waals surface area contributed by atoms with Gasteiger partial charge in [0.25, 0.3) is 0 Å². The van der Waals surface area contributed by atoms with Crippen LogP contribution in [0.1, 0.15) is 21.5 Å². The SMILES string of the molecule is COC(=O)c1ccc(Br)c2c1c(CC=O)cn2Cc1ccc(OC)cc1. The Kier molecular flexibility index (Phi) is 5.42. The van der Waals surface area contributed by atoms with Crippen molar-refractivity contribution in [1.82, 2.24) is 4.57 Å². The number of fused-ring (bicyclic) bond motifs is 1. The second kappa shape index (κ2) is 7.74. The molecule has 0 aliphatic heterocycles. The van der Waals surface area contributed by atoms with E-state index in [2.05, 4.69) is 15.9 Å².